The quantitative estimate of drug-likeness (QED) is 0.590. The fraction of sp³-hybridized carbons (Fsp3) is 1.00. The third-order valence-corrected chi connectivity index (χ3v) is 2.00. The Balaban J connectivity index is 3.58. The molecule has 68 valence electrons. The van der Waals surface area contributed by atoms with Gasteiger partial charge in [-0.25, -0.2) is 0 Å². The highest BCUT2D eigenvalue weighted by Crippen LogP contribution is 1.99. The predicted octanol–water partition coefficient (Wildman–Crippen LogP) is -0.106. The number of aliphatic hydroxyl groups is 1. The smallest absolute Gasteiger partial charge is 0.0468 e. The number of nitrogens with zero attached hydrogens (tertiary/aromatic N) is 1. The fourth-order valence-corrected chi connectivity index (χ4v) is 0.909. The molecule has 0 saturated heterocycles. The molecule has 11 heavy (non-hydrogen) atoms. The Kier molecular flexibility index (Phi) is 5.46. The average molecular weight is 160 g/mol. The lowest BCUT2D eigenvalue weighted by Gasteiger charge is -2.25. The summed E-state index contributed by atoms with van der Waals surface area (Å²) in [6, 6.07) is 0.406. The van der Waals surface area contributed by atoms with Gasteiger partial charge < -0.3 is 15.7 Å². The summed E-state index contributed by atoms with van der Waals surface area (Å²) in [4.78, 5) is 2.17. The molecule has 3 nitrogen and oxygen atoms in total. The largest absolute Gasteiger partial charge is 0.396 e. The number of nitrogens with two attached hydrogens (primary N) is 1. The van der Waals surface area contributed by atoms with Crippen LogP contribution in [0.4, 0.5) is 0 Å². The number of hydrogen-bond acceptors (Lipinski definition) is 3. The summed E-state index contributed by atoms with van der Waals surface area (Å²) in [5.74, 6) is 0.342. The third kappa shape index (κ3) is 4.35. The van der Waals surface area contributed by atoms with Gasteiger partial charge in [-0.15, -0.1) is 0 Å². The molecule has 0 saturated carbocycles. The topological polar surface area (TPSA) is 49.5 Å². The molecular formula is C8H20N2O. The SMILES string of the molecule is CC(CO)CN(C)C(C)CN. The van der Waals surface area contributed by atoms with Gasteiger partial charge in [0.25, 0.3) is 0 Å². The van der Waals surface area contributed by atoms with Crippen LogP contribution in [0.25, 0.3) is 0 Å². The van der Waals surface area contributed by atoms with E-state index in [4.69, 9.17) is 10.8 Å². The first kappa shape index (κ1) is 10.9. The summed E-state index contributed by atoms with van der Waals surface area (Å²) in [7, 11) is 2.03. The molecule has 2 atom stereocenters. The zero-order valence-corrected chi connectivity index (χ0v) is 7.75. The summed E-state index contributed by atoms with van der Waals surface area (Å²) in [6.45, 7) is 5.95. The lowest BCUT2D eigenvalue weighted by atomic mass is 10.1. The van der Waals surface area contributed by atoms with E-state index in [1.165, 1.54) is 0 Å². The van der Waals surface area contributed by atoms with Gasteiger partial charge in [0.2, 0.25) is 0 Å². The molecule has 0 spiro atoms. The van der Waals surface area contributed by atoms with Crippen molar-refractivity contribution in [2.24, 2.45) is 11.7 Å². The molecule has 0 heterocycles. The standard InChI is InChI=1S/C8H20N2O/c1-7(6-11)5-10(3)8(2)4-9/h7-8,11H,4-6,9H2,1-3H3. The zero-order chi connectivity index (χ0) is 8.85. The maximum Gasteiger partial charge on any atom is 0.0468 e. The minimum Gasteiger partial charge on any atom is -0.396 e. The summed E-state index contributed by atoms with van der Waals surface area (Å²) >= 11 is 0. The van der Waals surface area contributed by atoms with Crippen LogP contribution in [0.1, 0.15) is 13.8 Å². The molecule has 0 fully saturated rings. The molecule has 0 aliphatic rings. The van der Waals surface area contributed by atoms with Crippen LogP contribution in [0.15, 0.2) is 0 Å². The lowest BCUT2D eigenvalue weighted by Crippen LogP contribution is -2.38. The summed E-state index contributed by atoms with van der Waals surface area (Å²) in [5, 5.41) is 8.78. The fourth-order valence-electron chi connectivity index (χ4n) is 0.909. The van der Waals surface area contributed by atoms with Crippen molar-refractivity contribution >= 4 is 0 Å². The molecule has 0 rings (SSSR count). The lowest BCUT2D eigenvalue weighted by molar-refractivity contribution is 0.169. The summed E-state index contributed by atoms with van der Waals surface area (Å²) < 4.78 is 0. The van der Waals surface area contributed by atoms with E-state index in [0.717, 1.165) is 6.54 Å². The van der Waals surface area contributed by atoms with Crippen LogP contribution in [0.5, 0.6) is 0 Å². The molecule has 3 N–H and O–H groups in total. The molecule has 0 aromatic rings. The van der Waals surface area contributed by atoms with Crippen LogP contribution >= 0.6 is 0 Å². The summed E-state index contributed by atoms with van der Waals surface area (Å²) in [5.41, 5.74) is 5.49. The van der Waals surface area contributed by atoms with E-state index in [0.29, 0.717) is 18.5 Å². The van der Waals surface area contributed by atoms with Gasteiger partial charge in [0.05, 0.1) is 0 Å². The van der Waals surface area contributed by atoms with E-state index in [1.807, 2.05) is 14.0 Å². The van der Waals surface area contributed by atoms with Gasteiger partial charge in [-0.1, -0.05) is 6.92 Å². The molecule has 0 radical (unpaired) electrons. The van der Waals surface area contributed by atoms with Crippen LogP contribution < -0.4 is 5.73 Å². The van der Waals surface area contributed by atoms with Crippen molar-refractivity contribution in [3.63, 3.8) is 0 Å². The van der Waals surface area contributed by atoms with E-state index in [2.05, 4.69) is 11.8 Å². The number of likely N-dealkylation sites (N-methyl/N-ethyl adjacent to an activating group) is 1. The molecule has 0 bridgehead atoms. The van der Waals surface area contributed by atoms with Crippen LogP contribution in [-0.4, -0.2) is 42.8 Å². The second-order valence-corrected chi connectivity index (χ2v) is 3.31. The van der Waals surface area contributed by atoms with E-state index < -0.39 is 0 Å². The Labute approximate surface area is 69.2 Å². The van der Waals surface area contributed by atoms with E-state index >= 15 is 0 Å². The Bertz CT molecular complexity index is 98.1. The van der Waals surface area contributed by atoms with Gasteiger partial charge in [0, 0.05) is 25.7 Å². The monoisotopic (exact) mass is 160 g/mol. The maximum absolute atomic E-state index is 8.78. The van der Waals surface area contributed by atoms with Gasteiger partial charge in [-0.3, -0.25) is 0 Å². The highest BCUT2D eigenvalue weighted by molar-refractivity contribution is 4.65. The van der Waals surface area contributed by atoms with E-state index in [9.17, 15) is 0 Å². The number of rotatable bonds is 5. The van der Waals surface area contributed by atoms with Gasteiger partial charge >= 0.3 is 0 Å². The van der Waals surface area contributed by atoms with Crippen molar-refractivity contribution in [3.05, 3.63) is 0 Å². The Morgan fingerprint density at radius 3 is 2.36 bits per heavy atom. The van der Waals surface area contributed by atoms with Crippen LogP contribution in [0.2, 0.25) is 0 Å². The molecule has 2 unspecified atom stereocenters. The maximum atomic E-state index is 8.78. The van der Waals surface area contributed by atoms with Crippen molar-refractivity contribution in [2.45, 2.75) is 19.9 Å². The van der Waals surface area contributed by atoms with E-state index in [-0.39, 0.29) is 6.61 Å². The van der Waals surface area contributed by atoms with Crippen LogP contribution in [0, 0.1) is 5.92 Å². The first-order valence-corrected chi connectivity index (χ1v) is 4.13. The Hall–Kier alpha value is -0.120. The van der Waals surface area contributed by atoms with Gasteiger partial charge in [-0.2, -0.15) is 0 Å². The molecule has 0 aromatic carbocycles. The highest BCUT2D eigenvalue weighted by Gasteiger charge is 2.09. The number of hydrogen-bond donors (Lipinski definition) is 2. The van der Waals surface area contributed by atoms with Crippen molar-refractivity contribution in [3.8, 4) is 0 Å². The first-order valence-electron chi connectivity index (χ1n) is 4.13. The average Bonchev–Trinajstić information content (AvgIpc) is 2.02. The van der Waals surface area contributed by atoms with Gasteiger partial charge in [-0.05, 0) is 19.9 Å². The minimum absolute atomic E-state index is 0.252. The second kappa shape index (κ2) is 5.52. The molecule has 0 amide bonds. The second-order valence-electron chi connectivity index (χ2n) is 3.31. The Morgan fingerprint density at radius 1 is 1.45 bits per heavy atom. The van der Waals surface area contributed by atoms with Crippen LogP contribution in [0.3, 0.4) is 0 Å². The van der Waals surface area contributed by atoms with Gasteiger partial charge in [0.1, 0.15) is 0 Å². The molecule has 3 heteroatoms. The van der Waals surface area contributed by atoms with Crippen molar-refractivity contribution in [2.75, 3.05) is 26.7 Å². The minimum atomic E-state index is 0.252. The molecule has 0 aliphatic heterocycles. The predicted molar refractivity (Wildman–Crippen MR) is 47.4 cm³/mol. The molecule has 0 aromatic heterocycles. The van der Waals surface area contributed by atoms with Crippen molar-refractivity contribution in [1.82, 2.24) is 4.90 Å². The normalized spacial score (nSPS) is 16.9. The van der Waals surface area contributed by atoms with E-state index in [1.54, 1.807) is 0 Å². The van der Waals surface area contributed by atoms with Crippen LogP contribution in [-0.2, 0) is 0 Å². The third-order valence-electron chi connectivity index (χ3n) is 2.00. The molecular weight excluding hydrogens is 140 g/mol. The zero-order valence-electron chi connectivity index (χ0n) is 7.75. The number of aliphatic hydroxyl groups excluding tert-OH is 1. The van der Waals surface area contributed by atoms with Crippen molar-refractivity contribution < 1.29 is 5.11 Å². The van der Waals surface area contributed by atoms with Gasteiger partial charge in [0.15, 0.2) is 0 Å². The Morgan fingerprint density at radius 2 is 2.00 bits per heavy atom. The van der Waals surface area contributed by atoms with Crippen molar-refractivity contribution in [1.29, 1.82) is 0 Å². The summed E-state index contributed by atoms with van der Waals surface area (Å²) in [6.07, 6.45) is 0. The highest BCUT2D eigenvalue weighted by atomic mass is 16.3. The molecule has 0 aliphatic carbocycles. The first-order chi connectivity index (χ1) is 5.11.